The van der Waals surface area contributed by atoms with Gasteiger partial charge in [-0.2, -0.15) is 0 Å². The highest BCUT2D eigenvalue weighted by molar-refractivity contribution is 5.91. The van der Waals surface area contributed by atoms with Gasteiger partial charge in [0.2, 0.25) is 5.91 Å². The van der Waals surface area contributed by atoms with E-state index < -0.39 is 0 Å². The van der Waals surface area contributed by atoms with Crippen LogP contribution in [0.2, 0.25) is 0 Å². The number of carbonyl (C=O) groups is 1. The molecule has 0 fully saturated rings. The van der Waals surface area contributed by atoms with E-state index >= 15 is 0 Å². The monoisotopic (exact) mass is 354 g/mol. The summed E-state index contributed by atoms with van der Waals surface area (Å²) in [5.41, 5.74) is 3.37. The Bertz CT molecular complexity index is 757. The predicted octanol–water partition coefficient (Wildman–Crippen LogP) is 3.74. The lowest BCUT2D eigenvalue weighted by Gasteiger charge is -2.18. The number of fused-ring (bicyclic) bond motifs is 1. The summed E-state index contributed by atoms with van der Waals surface area (Å²) in [6.45, 7) is 5.13. The average Bonchev–Trinajstić information content (AvgIpc) is 2.68. The van der Waals surface area contributed by atoms with Crippen molar-refractivity contribution in [2.24, 2.45) is 4.99 Å². The van der Waals surface area contributed by atoms with Gasteiger partial charge in [-0.05, 0) is 48.7 Å². The SMILES string of the molecule is CCN(C(C)=O)c1ccccc1.COc1cc2c(cc1OC)CCN=C2. The summed E-state index contributed by atoms with van der Waals surface area (Å²) >= 11 is 0. The highest BCUT2D eigenvalue weighted by atomic mass is 16.5. The van der Waals surface area contributed by atoms with Crippen LogP contribution in [0.25, 0.3) is 0 Å². The number of methoxy groups -OCH3 is 2. The van der Waals surface area contributed by atoms with Crippen molar-refractivity contribution < 1.29 is 14.3 Å². The predicted molar refractivity (Wildman–Crippen MR) is 106 cm³/mol. The minimum absolute atomic E-state index is 0.0868. The van der Waals surface area contributed by atoms with Crippen molar-refractivity contribution in [1.29, 1.82) is 0 Å². The highest BCUT2D eigenvalue weighted by Crippen LogP contribution is 2.31. The number of amides is 1. The van der Waals surface area contributed by atoms with Gasteiger partial charge in [-0.1, -0.05) is 18.2 Å². The molecule has 2 aromatic rings. The molecule has 3 rings (SSSR count). The molecule has 0 radical (unpaired) electrons. The quantitative estimate of drug-likeness (QED) is 0.840. The number of nitrogens with zero attached hydrogens (tertiary/aromatic N) is 2. The molecule has 26 heavy (non-hydrogen) atoms. The molecule has 5 nitrogen and oxygen atoms in total. The first kappa shape index (κ1) is 19.5. The van der Waals surface area contributed by atoms with E-state index in [1.54, 1.807) is 26.0 Å². The lowest BCUT2D eigenvalue weighted by Crippen LogP contribution is -2.27. The van der Waals surface area contributed by atoms with Crippen molar-refractivity contribution in [3.63, 3.8) is 0 Å². The summed E-state index contributed by atoms with van der Waals surface area (Å²) in [6, 6.07) is 13.7. The van der Waals surface area contributed by atoms with Crippen LogP contribution in [0.5, 0.6) is 11.5 Å². The molecule has 5 heteroatoms. The Hall–Kier alpha value is -2.82. The number of ether oxygens (including phenoxy) is 2. The molecule has 0 saturated carbocycles. The second-order valence-electron chi connectivity index (χ2n) is 5.79. The second-order valence-corrected chi connectivity index (χ2v) is 5.79. The number of aliphatic imine (C=N–C) groups is 1. The second kappa shape index (κ2) is 9.61. The van der Waals surface area contributed by atoms with E-state index in [9.17, 15) is 4.79 Å². The zero-order valence-electron chi connectivity index (χ0n) is 15.9. The van der Waals surface area contributed by atoms with Gasteiger partial charge >= 0.3 is 0 Å². The van der Waals surface area contributed by atoms with Crippen molar-refractivity contribution in [2.45, 2.75) is 20.3 Å². The van der Waals surface area contributed by atoms with E-state index in [1.807, 2.05) is 55.6 Å². The van der Waals surface area contributed by atoms with Gasteiger partial charge in [-0.15, -0.1) is 0 Å². The summed E-state index contributed by atoms with van der Waals surface area (Å²) in [7, 11) is 3.30. The topological polar surface area (TPSA) is 51.1 Å². The highest BCUT2D eigenvalue weighted by Gasteiger charge is 2.11. The Morgan fingerprint density at radius 3 is 2.35 bits per heavy atom. The first-order chi connectivity index (χ1) is 12.6. The Balaban J connectivity index is 0.000000190. The van der Waals surface area contributed by atoms with E-state index in [0.717, 1.165) is 42.3 Å². The van der Waals surface area contributed by atoms with Crippen LogP contribution in [0.3, 0.4) is 0 Å². The van der Waals surface area contributed by atoms with E-state index in [1.165, 1.54) is 5.56 Å². The third-order valence-corrected chi connectivity index (χ3v) is 4.15. The third kappa shape index (κ3) is 4.85. The number of anilines is 1. The van der Waals surface area contributed by atoms with Gasteiger partial charge in [-0.3, -0.25) is 9.79 Å². The zero-order chi connectivity index (χ0) is 18.9. The Morgan fingerprint density at radius 1 is 1.12 bits per heavy atom. The molecule has 0 atom stereocenters. The van der Waals surface area contributed by atoms with E-state index in [2.05, 4.69) is 4.99 Å². The Morgan fingerprint density at radius 2 is 1.77 bits per heavy atom. The molecule has 0 aliphatic carbocycles. The lowest BCUT2D eigenvalue weighted by molar-refractivity contribution is -0.116. The fourth-order valence-corrected chi connectivity index (χ4v) is 2.82. The molecule has 0 spiro atoms. The molecule has 0 unspecified atom stereocenters. The van der Waals surface area contributed by atoms with Crippen LogP contribution in [0.1, 0.15) is 25.0 Å². The smallest absolute Gasteiger partial charge is 0.223 e. The number of rotatable bonds is 4. The van der Waals surface area contributed by atoms with Crippen molar-refractivity contribution in [1.82, 2.24) is 0 Å². The van der Waals surface area contributed by atoms with E-state index in [0.29, 0.717) is 0 Å². The Labute approximate surface area is 155 Å². The van der Waals surface area contributed by atoms with Gasteiger partial charge in [0.15, 0.2) is 11.5 Å². The summed E-state index contributed by atoms with van der Waals surface area (Å²) in [6.07, 6.45) is 2.87. The molecule has 138 valence electrons. The fraction of sp³-hybridized carbons (Fsp3) is 0.333. The molecule has 0 N–H and O–H groups in total. The van der Waals surface area contributed by atoms with Gasteiger partial charge < -0.3 is 14.4 Å². The first-order valence-electron chi connectivity index (χ1n) is 8.68. The largest absolute Gasteiger partial charge is 0.493 e. The Kier molecular flexibility index (Phi) is 7.21. The molecule has 0 saturated heterocycles. The third-order valence-electron chi connectivity index (χ3n) is 4.15. The van der Waals surface area contributed by atoms with Crippen molar-refractivity contribution >= 4 is 17.8 Å². The fourth-order valence-electron chi connectivity index (χ4n) is 2.82. The van der Waals surface area contributed by atoms with Crippen LogP contribution in [-0.2, 0) is 11.2 Å². The van der Waals surface area contributed by atoms with E-state index in [4.69, 9.17) is 9.47 Å². The number of carbonyl (C=O) groups excluding carboxylic acids is 1. The van der Waals surface area contributed by atoms with Crippen LogP contribution in [-0.4, -0.2) is 39.4 Å². The van der Waals surface area contributed by atoms with Crippen LogP contribution in [0.15, 0.2) is 47.5 Å². The summed E-state index contributed by atoms with van der Waals surface area (Å²) in [4.78, 5) is 17.1. The minimum atomic E-state index is 0.0868. The van der Waals surface area contributed by atoms with Crippen LogP contribution < -0.4 is 14.4 Å². The van der Waals surface area contributed by atoms with E-state index in [-0.39, 0.29) is 5.91 Å². The molecule has 0 aromatic heterocycles. The summed E-state index contributed by atoms with van der Waals surface area (Å²) in [5, 5.41) is 0. The maximum atomic E-state index is 11.1. The van der Waals surface area contributed by atoms with Gasteiger partial charge in [-0.25, -0.2) is 0 Å². The van der Waals surface area contributed by atoms with Crippen LogP contribution >= 0.6 is 0 Å². The maximum Gasteiger partial charge on any atom is 0.223 e. The van der Waals surface area contributed by atoms with Gasteiger partial charge in [0, 0.05) is 31.9 Å². The molecule has 2 aromatic carbocycles. The summed E-state index contributed by atoms with van der Waals surface area (Å²) < 4.78 is 10.4. The molecule has 1 aliphatic heterocycles. The van der Waals surface area contributed by atoms with Gasteiger partial charge in [0.05, 0.1) is 14.2 Å². The van der Waals surface area contributed by atoms with Crippen molar-refractivity contribution in [3.8, 4) is 11.5 Å². The van der Waals surface area contributed by atoms with Gasteiger partial charge in [0.1, 0.15) is 0 Å². The normalized spacial score (nSPS) is 11.7. The maximum absolute atomic E-state index is 11.1. The van der Waals surface area contributed by atoms with Crippen LogP contribution in [0.4, 0.5) is 5.69 Å². The minimum Gasteiger partial charge on any atom is -0.493 e. The number of hydrogen-bond acceptors (Lipinski definition) is 4. The summed E-state index contributed by atoms with van der Waals surface area (Å²) in [5.74, 6) is 1.64. The molecular formula is C21H26N2O3. The first-order valence-corrected chi connectivity index (χ1v) is 8.68. The lowest BCUT2D eigenvalue weighted by atomic mass is 10.0. The molecular weight excluding hydrogens is 328 g/mol. The number of hydrogen-bond donors (Lipinski definition) is 0. The average molecular weight is 354 g/mol. The standard InChI is InChI=1S/C11H13NO2.C10H13NO/c1-13-10-5-8-3-4-12-7-9(8)6-11(10)14-2;1-3-11(9(2)12)10-7-5-4-6-8-10/h5-7H,3-4H2,1-2H3;4-8H,3H2,1-2H3. The zero-order valence-corrected chi connectivity index (χ0v) is 15.9. The molecule has 1 aliphatic rings. The van der Waals surface area contributed by atoms with Crippen molar-refractivity contribution in [2.75, 3.05) is 32.2 Å². The number of para-hydroxylation sites is 1. The molecule has 1 heterocycles. The van der Waals surface area contributed by atoms with Gasteiger partial charge in [0.25, 0.3) is 0 Å². The number of benzene rings is 2. The molecule has 0 bridgehead atoms. The van der Waals surface area contributed by atoms with Crippen molar-refractivity contribution in [3.05, 3.63) is 53.6 Å². The molecule has 1 amide bonds. The van der Waals surface area contributed by atoms with Crippen LogP contribution in [0, 0.1) is 0 Å².